The van der Waals surface area contributed by atoms with Gasteiger partial charge in [0, 0.05) is 35.3 Å². The Bertz CT molecular complexity index is 864. The van der Waals surface area contributed by atoms with E-state index in [1.165, 1.54) is 0 Å². The van der Waals surface area contributed by atoms with E-state index >= 15 is 0 Å². The molecule has 3 rings (SSSR count). The molecule has 2 heterocycles. The molecule has 0 saturated heterocycles. The molecule has 130 valence electrons. The molecule has 0 unspecified atom stereocenters. The van der Waals surface area contributed by atoms with Gasteiger partial charge in [0.1, 0.15) is 0 Å². The van der Waals surface area contributed by atoms with E-state index in [9.17, 15) is 4.79 Å². The van der Waals surface area contributed by atoms with Gasteiger partial charge in [0.2, 0.25) is 0 Å². The Morgan fingerprint density at radius 3 is 2.52 bits per heavy atom. The molecule has 0 saturated carbocycles. The van der Waals surface area contributed by atoms with Gasteiger partial charge in [-0.15, -0.1) is 11.3 Å². The molecule has 25 heavy (non-hydrogen) atoms. The van der Waals surface area contributed by atoms with Crippen LogP contribution < -0.4 is 5.32 Å². The highest BCUT2D eigenvalue weighted by Gasteiger charge is 2.07. The van der Waals surface area contributed by atoms with E-state index in [-0.39, 0.29) is 5.91 Å². The summed E-state index contributed by atoms with van der Waals surface area (Å²) < 4.78 is 1.97. The zero-order valence-corrected chi connectivity index (χ0v) is 15.6. The summed E-state index contributed by atoms with van der Waals surface area (Å²) in [6.07, 6.45) is 0.764. The summed E-state index contributed by atoms with van der Waals surface area (Å²) in [5.74, 6) is -0.0501. The summed E-state index contributed by atoms with van der Waals surface area (Å²) in [6.45, 7) is 7.33. The van der Waals surface area contributed by atoms with Gasteiger partial charge in [0.15, 0.2) is 0 Å². The van der Waals surface area contributed by atoms with Crippen molar-refractivity contribution in [1.29, 1.82) is 0 Å². The van der Waals surface area contributed by atoms with Crippen molar-refractivity contribution in [2.24, 2.45) is 0 Å². The number of benzene rings is 1. The minimum absolute atomic E-state index is 0.0501. The predicted octanol–water partition coefficient (Wildman–Crippen LogP) is 3.29. The lowest BCUT2D eigenvalue weighted by atomic mass is 10.1. The molecule has 0 atom stereocenters. The highest BCUT2D eigenvalue weighted by molar-refractivity contribution is 7.09. The van der Waals surface area contributed by atoms with Crippen LogP contribution in [0.1, 0.15) is 38.0 Å². The van der Waals surface area contributed by atoms with E-state index in [4.69, 9.17) is 0 Å². The number of aryl methyl sites for hydroxylation is 3. The summed E-state index contributed by atoms with van der Waals surface area (Å²) in [7, 11) is 0. The standard InChI is InChI=1S/C19H22N4OS/c1-13-10-15(3)23(22-13)11-16-4-6-17(7-5-16)19(24)20-9-8-18-21-14(2)12-25-18/h4-7,10,12H,8-9,11H2,1-3H3,(H,20,24). The van der Waals surface area contributed by atoms with E-state index < -0.39 is 0 Å². The molecule has 0 radical (unpaired) electrons. The second-order valence-corrected chi connectivity index (χ2v) is 7.11. The number of aromatic nitrogens is 3. The monoisotopic (exact) mass is 354 g/mol. The van der Waals surface area contributed by atoms with Crippen LogP contribution in [0.15, 0.2) is 35.7 Å². The number of nitrogens with one attached hydrogen (secondary N) is 1. The molecule has 1 N–H and O–H groups in total. The maximum Gasteiger partial charge on any atom is 0.251 e. The Labute approximate surface area is 151 Å². The first-order valence-electron chi connectivity index (χ1n) is 8.30. The largest absolute Gasteiger partial charge is 0.352 e. The molecule has 3 aromatic rings. The molecule has 1 amide bonds. The van der Waals surface area contributed by atoms with Crippen molar-refractivity contribution in [2.45, 2.75) is 33.7 Å². The summed E-state index contributed by atoms with van der Waals surface area (Å²) >= 11 is 1.63. The van der Waals surface area contributed by atoms with E-state index in [0.29, 0.717) is 18.7 Å². The average Bonchev–Trinajstić information content (AvgIpc) is 3.13. The fourth-order valence-corrected chi connectivity index (χ4v) is 3.45. The summed E-state index contributed by atoms with van der Waals surface area (Å²) in [6, 6.07) is 9.75. The van der Waals surface area contributed by atoms with E-state index in [2.05, 4.69) is 21.5 Å². The minimum Gasteiger partial charge on any atom is -0.352 e. The van der Waals surface area contributed by atoms with Crippen molar-refractivity contribution >= 4 is 17.2 Å². The SMILES string of the molecule is Cc1csc(CCNC(=O)c2ccc(Cn3nc(C)cc3C)cc2)n1. The molecule has 1 aromatic carbocycles. The summed E-state index contributed by atoms with van der Waals surface area (Å²) in [5, 5.41) is 10.5. The molecule has 0 spiro atoms. The average molecular weight is 354 g/mol. The summed E-state index contributed by atoms with van der Waals surface area (Å²) in [5.41, 5.74) is 4.98. The molecule has 0 aliphatic heterocycles. The van der Waals surface area contributed by atoms with Crippen molar-refractivity contribution in [2.75, 3.05) is 6.54 Å². The van der Waals surface area contributed by atoms with Gasteiger partial charge in [-0.1, -0.05) is 12.1 Å². The number of carbonyl (C=O) groups excluding carboxylic acids is 1. The first-order valence-corrected chi connectivity index (χ1v) is 9.18. The Morgan fingerprint density at radius 1 is 1.16 bits per heavy atom. The number of hydrogen-bond donors (Lipinski definition) is 1. The van der Waals surface area contributed by atoms with Gasteiger partial charge in [-0.3, -0.25) is 9.48 Å². The van der Waals surface area contributed by atoms with Crippen LogP contribution in [0.4, 0.5) is 0 Å². The number of thiazole rings is 1. The van der Waals surface area contributed by atoms with Crippen molar-refractivity contribution in [1.82, 2.24) is 20.1 Å². The third kappa shape index (κ3) is 4.54. The van der Waals surface area contributed by atoms with E-state index in [1.807, 2.05) is 55.1 Å². The lowest BCUT2D eigenvalue weighted by Crippen LogP contribution is -2.25. The maximum absolute atomic E-state index is 12.2. The number of amides is 1. The number of carbonyl (C=O) groups is 1. The van der Waals surface area contributed by atoms with Crippen LogP contribution in [0.5, 0.6) is 0 Å². The number of hydrogen-bond acceptors (Lipinski definition) is 4. The molecule has 0 aliphatic carbocycles. The Kier molecular flexibility index (Phi) is 5.28. The fourth-order valence-electron chi connectivity index (χ4n) is 2.67. The van der Waals surface area contributed by atoms with Crippen molar-refractivity contribution in [3.05, 3.63) is 68.9 Å². The summed E-state index contributed by atoms with van der Waals surface area (Å²) in [4.78, 5) is 16.6. The Balaban J connectivity index is 1.54. The van der Waals surface area contributed by atoms with Crippen LogP contribution in [0.3, 0.4) is 0 Å². The quantitative estimate of drug-likeness (QED) is 0.739. The van der Waals surface area contributed by atoms with Gasteiger partial charge < -0.3 is 5.32 Å². The highest BCUT2D eigenvalue weighted by atomic mass is 32.1. The zero-order chi connectivity index (χ0) is 17.8. The molecule has 5 nitrogen and oxygen atoms in total. The van der Waals surface area contributed by atoms with Gasteiger partial charge in [-0.05, 0) is 44.5 Å². The van der Waals surface area contributed by atoms with Crippen LogP contribution in [0.2, 0.25) is 0 Å². The third-order valence-electron chi connectivity index (χ3n) is 3.94. The van der Waals surface area contributed by atoms with Gasteiger partial charge in [0.25, 0.3) is 5.91 Å². The molecule has 0 aliphatic rings. The van der Waals surface area contributed by atoms with E-state index in [0.717, 1.165) is 34.1 Å². The van der Waals surface area contributed by atoms with E-state index in [1.54, 1.807) is 11.3 Å². The number of rotatable bonds is 6. The van der Waals surface area contributed by atoms with Gasteiger partial charge >= 0.3 is 0 Å². The highest BCUT2D eigenvalue weighted by Crippen LogP contribution is 2.10. The van der Waals surface area contributed by atoms with Crippen LogP contribution in [0.25, 0.3) is 0 Å². The molecule has 0 fully saturated rings. The second-order valence-electron chi connectivity index (χ2n) is 6.17. The lowest BCUT2D eigenvalue weighted by Gasteiger charge is -2.07. The van der Waals surface area contributed by atoms with Crippen LogP contribution in [0, 0.1) is 20.8 Å². The van der Waals surface area contributed by atoms with Gasteiger partial charge in [0.05, 0.1) is 17.2 Å². The van der Waals surface area contributed by atoms with Crippen LogP contribution in [-0.2, 0) is 13.0 Å². The Hall–Kier alpha value is -2.47. The third-order valence-corrected chi connectivity index (χ3v) is 4.97. The lowest BCUT2D eigenvalue weighted by molar-refractivity contribution is 0.0954. The second kappa shape index (κ2) is 7.61. The van der Waals surface area contributed by atoms with Crippen LogP contribution >= 0.6 is 11.3 Å². The molecule has 0 bridgehead atoms. The van der Waals surface area contributed by atoms with Crippen LogP contribution in [-0.4, -0.2) is 27.2 Å². The predicted molar refractivity (Wildman–Crippen MR) is 100 cm³/mol. The molecule has 6 heteroatoms. The Morgan fingerprint density at radius 2 is 1.92 bits per heavy atom. The first kappa shape index (κ1) is 17.4. The molecular weight excluding hydrogens is 332 g/mol. The minimum atomic E-state index is -0.0501. The maximum atomic E-state index is 12.2. The molecule has 2 aromatic heterocycles. The van der Waals surface area contributed by atoms with Gasteiger partial charge in [-0.25, -0.2) is 4.98 Å². The smallest absolute Gasteiger partial charge is 0.251 e. The van der Waals surface area contributed by atoms with Crippen molar-refractivity contribution < 1.29 is 4.79 Å². The van der Waals surface area contributed by atoms with Gasteiger partial charge in [-0.2, -0.15) is 5.10 Å². The zero-order valence-electron chi connectivity index (χ0n) is 14.7. The normalized spacial score (nSPS) is 10.8. The first-order chi connectivity index (χ1) is 12.0. The number of nitrogens with zero attached hydrogens (tertiary/aromatic N) is 3. The topological polar surface area (TPSA) is 59.8 Å². The fraction of sp³-hybridized carbons (Fsp3) is 0.316. The van der Waals surface area contributed by atoms with Crippen molar-refractivity contribution in [3.63, 3.8) is 0 Å². The van der Waals surface area contributed by atoms with Crippen molar-refractivity contribution in [3.8, 4) is 0 Å². The molecular formula is C19H22N4OS.